The first-order valence-corrected chi connectivity index (χ1v) is 10.1. The van der Waals surface area contributed by atoms with Gasteiger partial charge < -0.3 is 10.6 Å². The number of piperidine rings is 3. The summed E-state index contributed by atoms with van der Waals surface area (Å²) in [6, 6.07) is 8.98. The van der Waals surface area contributed by atoms with E-state index in [4.69, 9.17) is 0 Å². The molecule has 2 amide bonds. The molecule has 0 radical (unpaired) electrons. The monoisotopic (exact) mass is 385 g/mol. The van der Waals surface area contributed by atoms with Crippen molar-refractivity contribution >= 4 is 6.03 Å². The Hall–Kier alpha value is -2.41. The number of aromatic nitrogens is 2. The van der Waals surface area contributed by atoms with Gasteiger partial charge in [-0.25, -0.2) is 9.18 Å². The maximum Gasteiger partial charge on any atom is 0.314 e. The van der Waals surface area contributed by atoms with Gasteiger partial charge in [-0.05, 0) is 62.6 Å². The van der Waals surface area contributed by atoms with Gasteiger partial charge in [0.05, 0.1) is 5.69 Å². The van der Waals surface area contributed by atoms with Gasteiger partial charge >= 0.3 is 6.03 Å². The number of benzene rings is 1. The molecule has 28 heavy (non-hydrogen) atoms. The number of nitrogens with zero attached hydrogens (tertiary/aromatic N) is 3. The van der Waals surface area contributed by atoms with Gasteiger partial charge in [0.2, 0.25) is 0 Å². The highest BCUT2D eigenvalue weighted by atomic mass is 19.1. The molecule has 1 aromatic heterocycles. The number of halogens is 1. The third-order valence-corrected chi connectivity index (χ3v) is 6.15. The molecule has 3 fully saturated rings. The predicted molar refractivity (Wildman–Crippen MR) is 107 cm³/mol. The van der Waals surface area contributed by atoms with E-state index in [0.29, 0.717) is 31.0 Å². The van der Waals surface area contributed by atoms with E-state index in [2.05, 4.69) is 26.7 Å². The van der Waals surface area contributed by atoms with Crippen molar-refractivity contribution in [2.45, 2.75) is 31.7 Å². The summed E-state index contributed by atoms with van der Waals surface area (Å²) in [6.07, 6.45) is 2.27. The van der Waals surface area contributed by atoms with Crippen LogP contribution in [-0.4, -0.2) is 52.9 Å². The van der Waals surface area contributed by atoms with Gasteiger partial charge in [-0.2, -0.15) is 5.10 Å². The average Bonchev–Trinajstić information content (AvgIpc) is 3.09. The molecule has 0 aliphatic carbocycles. The second kappa shape index (κ2) is 7.91. The maximum atomic E-state index is 13.2. The van der Waals surface area contributed by atoms with Crippen LogP contribution in [0.3, 0.4) is 0 Å². The van der Waals surface area contributed by atoms with Gasteiger partial charge in [0.15, 0.2) is 0 Å². The fourth-order valence-electron chi connectivity index (χ4n) is 4.71. The summed E-state index contributed by atoms with van der Waals surface area (Å²) in [6.45, 7) is 5.34. The molecule has 2 aromatic rings. The molecule has 2 bridgehead atoms. The van der Waals surface area contributed by atoms with E-state index in [1.165, 1.54) is 24.2 Å². The van der Waals surface area contributed by atoms with E-state index in [1.807, 2.05) is 18.7 Å². The molecule has 1 aromatic carbocycles. The molecule has 4 atom stereocenters. The number of urea groups is 1. The lowest BCUT2D eigenvalue weighted by molar-refractivity contribution is 0.0294. The van der Waals surface area contributed by atoms with Crippen LogP contribution in [0.4, 0.5) is 9.18 Å². The summed E-state index contributed by atoms with van der Waals surface area (Å²) in [5.74, 6) is 0.813. The van der Waals surface area contributed by atoms with Crippen LogP contribution in [0.5, 0.6) is 0 Å². The second-order valence-corrected chi connectivity index (χ2v) is 7.87. The number of fused-ring (bicyclic) bond motifs is 3. The summed E-state index contributed by atoms with van der Waals surface area (Å²) in [7, 11) is 1.99. The normalized spacial score (nSPS) is 26.2. The molecule has 150 valence electrons. The largest absolute Gasteiger partial charge is 0.338 e. The molecule has 5 rings (SSSR count). The van der Waals surface area contributed by atoms with Crippen molar-refractivity contribution in [2.24, 2.45) is 13.0 Å². The molecule has 3 aliphatic heterocycles. The van der Waals surface area contributed by atoms with Crippen molar-refractivity contribution in [1.82, 2.24) is 25.3 Å². The van der Waals surface area contributed by atoms with E-state index in [-0.39, 0.29) is 11.8 Å². The number of nitrogens with one attached hydrogen (secondary N) is 2. The van der Waals surface area contributed by atoms with Gasteiger partial charge in [0.1, 0.15) is 5.82 Å². The number of rotatable bonds is 5. The standard InChI is InChI=1S/C21H28FN5O/c1-3-23-21(28)24-12-17-10-15-8-9-27(17)13-18(15)20-11-19(25-26(20)2)14-4-6-16(22)7-5-14/h4-7,11,15,17-18H,3,8-10,12-13H2,1-2H3,(H2,23,24,28)/t15-,17+,18-/m0/s1. The Kier molecular flexibility index (Phi) is 5.35. The first-order valence-electron chi connectivity index (χ1n) is 10.1. The molecular formula is C21H28FN5O. The number of amides is 2. The van der Waals surface area contributed by atoms with Crippen molar-refractivity contribution in [3.8, 4) is 11.3 Å². The summed E-state index contributed by atoms with van der Waals surface area (Å²) >= 11 is 0. The van der Waals surface area contributed by atoms with Crippen LogP contribution in [0, 0.1) is 11.7 Å². The van der Waals surface area contributed by atoms with E-state index in [0.717, 1.165) is 30.8 Å². The molecule has 3 aliphatic rings. The van der Waals surface area contributed by atoms with Crippen LogP contribution < -0.4 is 10.6 Å². The van der Waals surface area contributed by atoms with Crippen molar-refractivity contribution in [3.63, 3.8) is 0 Å². The Morgan fingerprint density at radius 3 is 2.75 bits per heavy atom. The zero-order valence-electron chi connectivity index (χ0n) is 16.5. The quantitative estimate of drug-likeness (QED) is 0.832. The van der Waals surface area contributed by atoms with Gasteiger partial charge in [0, 0.05) is 49.9 Å². The molecule has 6 nitrogen and oxygen atoms in total. The minimum Gasteiger partial charge on any atom is -0.338 e. The molecule has 7 heteroatoms. The number of carbonyl (C=O) groups is 1. The zero-order chi connectivity index (χ0) is 19.7. The lowest BCUT2D eigenvalue weighted by Crippen LogP contribution is -2.56. The first-order chi connectivity index (χ1) is 13.5. The van der Waals surface area contributed by atoms with Crippen molar-refractivity contribution in [1.29, 1.82) is 0 Å². The first kappa shape index (κ1) is 18.9. The number of aryl methyl sites for hydroxylation is 1. The molecule has 2 N–H and O–H groups in total. The lowest BCUT2D eigenvalue weighted by Gasteiger charge is -2.49. The Morgan fingerprint density at radius 2 is 2.07 bits per heavy atom. The maximum absolute atomic E-state index is 13.2. The smallest absolute Gasteiger partial charge is 0.314 e. The van der Waals surface area contributed by atoms with Crippen LogP contribution in [0.25, 0.3) is 11.3 Å². The number of hydrogen-bond donors (Lipinski definition) is 2. The van der Waals surface area contributed by atoms with Crippen LogP contribution >= 0.6 is 0 Å². The fourth-order valence-corrected chi connectivity index (χ4v) is 4.71. The van der Waals surface area contributed by atoms with Crippen molar-refractivity contribution in [2.75, 3.05) is 26.2 Å². The fraction of sp³-hybridized carbons (Fsp3) is 0.524. The molecule has 4 heterocycles. The van der Waals surface area contributed by atoms with Gasteiger partial charge in [-0.1, -0.05) is 0 Å². The third kappa shape index (κ3) is 3.76. The molecule has 0 saturated carbocycles. The van der Waals surface area contributed by atoms with E-state index >= 15 is 0 Å². The summed E-state index contributed by atoms with van der Waals surface area (Å²) in [4.78, 5) is 14.2. The summed E-state index contributed by atoms with van der Waals surface area (Å²) in [5.41, 5.74) is 3.07. The minimum atomic E-state index is -0.232. The average molecular weight is 385 g/mol. The Morgan fingerprint density at radius 1 is 1.29 bits per heavy atom. The minimum absolute atomic E-state index is 0.0859. The van der Waals surface area contributed by atoms with Crippen LogP contribution in [0.2, 0.25) is 0 Å². The predicted octanol–water partition coefficient (Wildman–Crippen LogP) is 2.72. The number of carbonyl (C=O) groups excluding carboxylic acids is 1. The van der Waals surface area contributed by atoms with Gasteiger partial charge in [-0.3, -0.25) is 9.58 Å². The third-order valence-electron chi connectivity index (χ3n) is 6.15. The summed E-state index contributed by atoms with van der Waals surface area (Å²) < 4.78 is 15.2. The highest BCUT2D eigenvalue weighted by Gasteiger charge is 2.41. The van der Waals surface area contributed by atoms with Crippen LogP contribution in [-0.2, 0) is 7.05 Å². The number of hydrogen-bond acceptors (Lipinski definition) is 3. The van der Waals surface area contributed by atoms with Crippen LogP contribution in [0.1, 0.15) is 31.4 Å². The Bertz CT molecular complexity index is 834. The Labute approximate surface area is 165 Å². The molecule has 1 unspecified atom stereocenters. The SMILES string of the molecule is CCNC(=O)NC[C@H]1C[C@@H]2CCN1C[C@@H]2c1cc(-c2ccc(F)cc2)nn1C. The molecular weight excluding hydrogens is 357 g/mol. The van der Waals surface area contributed by atoms with Crippen LogP contribution in [0.15, 0.2) is 30.3 Å². The molecule has 3 saturated heterocycles. The highest BCUT2D eigenvalue weighted by Crippen LogP contribution is 2.42. The zero-order valence-corrected chi connectivity index (χ0v) is 16.5. The van der Waals surface area contributed by atoms with E-state index in [1.54, 1.807) is 12.1 Å². The van der Waals surface area contributed by atoms with Crippen molar-refractivity contribution < 1.29 is 9.18 Å². The van der Waals surface area contributed by atoms with Gasteiger partial charge in [0.25, 0.3) is 0 Å². The lowest BCUT2D eigenvalue weighted by atomic mass is 9.74. The van der Waals surface area contributed by atoms with E-state index < -0.39 is 0 Å². The van der Waals surface area contributed by atoms with Crippen molar-refractivity contribution in [3.05, 3.63) is 41.8 Å². The second-order valence-electron chi connectivity index (χ2n) is 7.87. The topological polar surface area (TPSA) is 62.2 Å². The molecule has 0 spiro atoms. The van der Waals surface area contributed by atoms with E-state index in [9.17, 15) is 9.18 Å². The Balaban J connectivity index is 1.45. The van der Waals surface area contributed by atoms with Gasteiger partial charge in [-0.15, -0.1) is 0 Å². The summed E-state index contributed by atoms with van der Waals surface area (Å²) in [5, 5.41) is 10.5. The highest BCUT2D eigenvalue weighted by molar-refractivity contribution is 5.73.